The van der Waals surface area contributed by atoms with Crippen LogP contribution in [0, 0.1) is 0 Å². The lowest BCUT2D eigenvalue weighted by Gasteiger charge is -2.06. The van der Waals surface area contributed by atoms with Crippen LogP contribution in [0.4, 0.5) is 0 Å². The summed E-state index contributed by atoms with van der Waals surface area (Å²) in [5, 5.41) is 1.86. The van der Waals surface area contributed by atoms with Gasteiger partial charge in [0, 0.05) is 17.5 Å². The van der Waals surface area contributed by atoms with Gasteiger partial charge in [0.15, 0.2) is 11.6 Å². The van der Waals surface area contributed by atoms with Crippen LogP contribution in [0.3, 0.4) is 0 Å². The molecule has 1 heterocycles. The predicted octanol–water partition coefficient (Wildman–Crippen LogP) is 4.80. The highest BCUT2D eigenvalue weighted by atomic mass is 32.1. The van der Waals surface area contributed by atoms with E-state index in [4.69, 9.17) is 4.74 Å². The molecule has 3 rings (SSSR count). The molecule has 4 nitrogen and oxygen atoms in total. The molecule has 0 aliphatic heterocycles. The van der Waals surface area contributed by atoms with Gasteiger partial charge in [0.2, 0.25) is 0 Å². The van der Waals surface area contributed by atoms with Crippen LogP contribution in [0.25, 0.3) is 0 Å². The van der Waals surface area contributed by atoms with E-state index in [1.54, 1.807) is 42.5 Å². The summed E-state index contributed by atoms with van der Waals surface area (Å²) in [6.45, 7) is 0.181. The van der Waals surface area contributed by atoms with Gasteiger partial charge < -0.3 is 4.74 Å². The fraction of sp³-hybridized carbons (Fsp3) is 0.136. The van der Waals surface area contributed by atoms with Gasteiger partial charge >= 0.3 is 5.97 Å². The van der Waals surface area contributed by atoms with Gasteiger partial charge in [0.25, 0.3) is 0 Å². The molecule has 0 aliphatic rings. The molecule has 0 radical (unpaired) electrons. The second kappa shape index (κ2) is 9.05. The number of ether oxygens (including phenoxy) is 1. The average Bonchev–Trinajstić information content (AvgIpc) is 3.26. The van der Waals surface area contributed by atoms with E-state index >= 15 is 0 Å². The molecule has 3 aromatic rings. The fourth-order valence-electron chi connectivity index (χ4n) is 2.56. The number of carbonyl (C=O) groups is 3. The van der Waals surface area contributed by atoms with Crippen molar-refractivity contribution < 1.29 is 19.1 Å². The van der Waals surface area contributed by atoms with Gasteiger partial charge in [-0.15, -0.1) is 11.3 Å². The second-order valence-electron chi connectivity index (χ2n) is 5.91. The molecular weight excluding hydrogens is 360 g/mol. The quantitative estimate of drug-likeness (QED) is 0.321. The maximum atomic E-state index is 12.4. The molecule has 0 saturated carbocycles. The van der Waals surface area contributed by atoms with Crippen LogP contribution in [-0.2, 0) is 4.74 Å². The normalized spacial score (nSPS) is 10.4. The molecule has 27 heavy (non-hydrogen) atoms. The van der Waals surface area contributed by atoms with Crippen LogP contribution in [0.2, 0.25) is 0 Å². The lowest BCUT2D eigenvalue weighted by atomic mass is 10.0. The van der Waals surface area contributed by atoms with Crippen molar-refractivity contribution in [3.05, 3.63) is 93.7 Å². The van der Waals surface area contributed by atoms with E-state index in [-0.39, 0.29) is 18.2 Å². The Morgan fingerprint density at radius 2 is 1.44 bits per heavy atom. The summed E-state index contributed by atoms with van der Waals surface area (Å²) in [7, 11) is 0. The predicted molar refractivity (Wildman–Crippen MR) is 104 cm³/mol. The van der Waals surface area contributed by atoms with Crippen molar-refractivity contribution in [2.45, 2.75) is 12.8 Å². The molecule has 0 N–H and O–H groups in total. The molecule has 0 amide bonds. The Hall–Kier alpha value is -3.05. The highest BCUT2D eigenvalue weighted by molar-refractivity contribution is 7.12. The van der Waals surface area contributed by atoms with Gasteiger partial charge in [-0.05, 0) is 30.0 Å². The van der Waals surface area contributed by atoms with Crippen LogP contribution in [0.1, 0.15) is 48.8 Å². The lowest BCUT2D eigenvalue weighted by Crippen LogP contribution is -2.08. The number of carbonyl (C=O) groups excluding carboxylic acids is 3. The molecule has 1 aromatic heterocycles. The van der Waals surface area contributed by atoms with Crippen LogP contribution >= 0.6 is 11.3 Å². The SMILES string of the molecule is O=C(OCCCC(=O)c1cccs1)c1ccc(C(=O)c2ccccc2)cc1. The zero-order chi connectivity index (χ0) is 19.1. The summed E-state index contributed by atoms with van der Waals surface area (Å²) in [5.41, 5.74) is 1.49. The zero-order valence-electron chi connectivity index (χ0n) is 14.6. The topological polar surface area (TPSA) is 60.4 Å². The summed E-state index contributed by atoms with van der Waals surface area (Å²) in [6, 6.07) is 19.0. The van der Waals surface area contributed by atoms with Crippen LogP contribution in [-0.4, -0.2) is 24.1 Å². The highest BCUT2D eigenvalue weighted by Crippen LogP contribution is 2.14. The van der Waals surface area contributed by atoms with E-state index in [0.717, 1.165) is 4.88 Å². The number of hydrogen-bond acceptors (Lipinski definition) is 5. The Kier molecular flexibility index (Phi) is 6.28. The first-order valence-corrected chi connectivity index (χ1v) is 9.47. The molecule has 136 valence electrons. The summed E-state index contributed by atoms with van der Waals surface area (Å²) in [4.78, 5) is 37.0. The number of rotatable bonds is 8. The average molecular weight is 378 g/mol. The number of hydrogen-bond donors (Lipinski definition) is 0. The van der Waals surface area contributed by atoms with E-state index in [1.807, 2.05) is 29.6 Å². The van der Waals surface area contributed by atoms with Crippen molar-refractivity contribution in [2.75, 3.05) is 6.61 Å². The van der Waals surface area contributed by atoms with E-state index in [0.29, 0.717) is 29.5 Å². The lowest BCUT2D eigenvalue weighted by molar-refractivity contribution is 0.0494. The molecular formula is C22H18O4S. The van der Waals surface area contributed by atoms with Crippen molar-refractivity contribution >= 4 is 28.9 Å². The van der Waals surface area contributed by atoms with Crippen molar-refractivity contribution in [2.24, 2.45) is 0 Å². The van der Waals surface area contributed by atoms with Crippen LogP contribution in [0.15, 0.2) is 72.1 Å². The largest absolute Gasteiger partial charge is 0.462 e. The Balaban J connectivity index is 1.49. The summed E-state index contributed by atoms with van der Waals surface area (Å²) in [5.74, 6) is -0.496. The molecule has 2 aromatic carbocycles. The summed E-state index contributed by atoms with van der Waals surface area (Å²) >= 11 is 1.41. The summed E-state index contributed by atoms with van der Waals surface area (Å²) < 4.78 is 5.21. The van der Waals surface area contributed by atoms with E-state index in [9.17, 15) is 14.4 Å². The number of thiophene rings is 1. The van der Waals surface area contributed by atoms with Crippen molar-refractivity contribution in [1.29, 1.82) is 0 Å². The number of benzene rings is 2. The molecule has 0 aliphatic carbocycles. The van der Waals surface area contributed by atoms with E-state index in [1.165, 1.54) is 11.3 Å². The van der Waals surface area contributed by atoms with Gasteiger partial charge in [-0.3, -0.25) is 9.59 Å². The third-order valence-corrected chi connectivity index (χ3v) is 4.91. The Bertz CT molecular complexity index is 913. The Labute approximate surface area is 161 Å². The van der Waals surface area contributed by atoms with Gasteiger partial charge in [-0.25, -0.2) is 4.79 Å². The molecule has 0 fully saturated rings. The third kappa shape index (κ3) is 4.99. The standard InChI is InChI=1S/C22H18O4S/c23-19(20-9-5-15-27-20)8-4-14-26-22(25)18-12-10-17(11-13-18)21(24)16-6-2-1-3-7-16/h1-3,5-7,9-13,15H,4,8,14H2. The highest BCUT2D eigenvalue weighted by Gasteiger charge is 2.12. The van der Waals surface area contributed by atoms with E-state index < -0.39 is 5.97 Å². The van der Waals surface area contributed by atoms with Crippen molar-refractivity contribution in [3.8, 4) is 0 Å². The zero-order valence-corrected chi connectivity index (χ0v) is 15.4. The molecule has 0 atom stereocenters. The maximum absolute atomic E-state index is 12.4. The smallest absolute Gasteiger partial charge is 0.338 e. The molecule has 0 bridgehead atoms. The van der Waals surface area contributed by atoms with Crippen LogP contribution in [0.5, 0.6) is 0 Å². The molecule has 0 spiro atoms. The second-order valence-corrected chi connectivity index (χ2v) is 6.86. The molecule has 0 saturated heterocycles. The van der Waals surface area contributed by atoms with Crippen LogP contribution < -0.4 is 0 Å². The van der Waals surface area contributed by atoms with Crippen molar-refractivity contribution in [1.82, 2.24) is 0 Å². The minimum Gasteiger partial charge on any atom is -0.462 e. The first-order chi connectivity index (χ1) is 13.1. The molecule has 5 heteroatoms. The van der Waals surface area contributed by atoms with Gasteiger partial charge in [-0.2, -0.15) is 0 Å². The third-order valence-electron chi connectivity index (χ3n) is 4.00. The Morgan fingerprint density at radius 3 is 2.11 bits per heavy atom. The number of ketones is 2. The van der Waals surface area contributed by atoms with Crippen molar-refractivity contribution in [3.63, 3.8) is 0 Å². The minimum atomic E-state index is -0.461. The summed E-state index contributed by atoms with van der Waals surface area (Å²) in [6.07, 6.45) is 0.825. The van der Waals surface area contributed by atoms with Gasteiger partial charge in [-0.1, -0.05) is 48.5 Å². The van der Waals surface area contributed by atoms with E-state index in [2.05, 4.69) is 0 Å². The monoisotopic (exact) mass is 378 g/mol. The first-order valence-electron chi connectivity index (χ1n) is 8.59. The maximum Gasteiger partial charge on any atom is 0.338 e. The van der Waals surface area contributed by atoms with Gasteiger partial charge in [0.1, 0.15) is 0 Å². The number of esters is 1. The minimum absolute atomic E-state index is 0.0600. The molecule has 0 unspecified atom stereocenters. The fourth-order valence-corrected chi connectivity index (χ4v) is 3.25. The Morgan fingerprint density at radius 1 is 0.778 bits per heavy atom. The number of Topliss-reactive ketones (excluding diaryl/α,β-unsaturated/α-hetero) is 1. The first kappa shape index (κ1) is 18.7. The van der Waals surface area contributed by atoms with Gasteiger partial charge in [0.05, 0.1) is 17.0 Å².